The first-order valence-corrected chi connectivity index (χ1v) is 13.8. The SMILES string of the molecule is CC(=O)N1CCC(Nc2ncc(C(=O)N[C@H]3C4CC5CC3C[C@@](O)(C5)C4)c(C3CCCC3)n2)CC1. The molecule has 2 amide bonds. The van der Waals surface area contributed by atoms with E-state index in [-0.39, 0.29) is 23.9 Å². The summed E-state index contributed by atoms with van der Waals surface area (Å²) in [6, 6.07) is 0.389. The van der Waals surface area contributed by atoms with Crippen molar-refractivity contribution in [3.05, 3.63) is 17.5 Å². The van der Waals surface area contributed by atoms with Gasteiger partial charge in [-0.1, -0.05) is 12.8 Å². The molecule has 35 heavy (non-hydrogen) atoms. The van der Waals surface area contributed by atoms with E-state index in [1.807, 2.05) is 4.90 Å². The quantitative estimate of drug-likeness (QED) is 0.596. The number of anilines is 1. The summed E-state index contributed by atoms with van der Waals surface area (Å²) >= 11 is 0. The number of aromatic nitrogens is 2. The van der Waals surface area contributed by atoms with Crippen molar-refractivity contribution in [2.45, 2.75) is 101 Å². The molecule has 1 saturated heterocycles. The van der Waals surface area contributed by atoms with E-state index < -0.39 is 5.60 Å². The number of likely N-dealkylation sites (tertiary alicyclic amines) is 1. The van der Waals surface area contributed by atoms with Gasteiger partial charge in [-0.05, 0) is 75.5 Å². The molecule has 5 aliphatic carbocycles. The van der Waals surface area contributed by atoms with Gasteiger partial charge in [0, 0.05) is 44.2 Å². The fourth-order valence-electron chi connectivity index (χ4n) is 8.12. The van der Waals surface area contributed by atoms with Crippen molar-refractivity contribution in [3.8, 4) is 0 Å². The average Bonchev–Trinajstić information content (AvgIpc) is 3.35. The van der Waals surface area contributed by atoms with Crippen LogP contribution in [-0.2, 0) is 4.79 Å². The van der Waals surface area contributed by atoms with Crippen molar-refractivity contribution in [3.63, 3.8) is 0 Å². The molecule has 6 aliphatic rings. The molecule has 4 bridgehead atoms. The zero-order valence-electron chi connectivity index (χ0n) is 20.8. The molecule has 2 unspecified atom stereocenters. The minimum absolute atomic E-state index is 0.0438. The number of aliphatic hydroxyl groups is 1. The van der Waals surface area contributed by atoms with Gasteiger partial charge in [0.25, 0.3) is 5.91 Å². The van der Waals surface area contributed by atoms with Crippen molar-refractivity contribution in [1.29, 1.82) is 0 Å². The molecule has 6 fully saturated rings. The number of hydrogen-bond donors (Lipinski definition) is 3. The van der Waals surface area contributed by atoms with Gasteiger partial charge in [-0.15, -0.1) is 0 Å². The molecule has 1 aromatic rings. The van der Waals surface area contributed by atoms with Gasteiger partial charge in [0.05, 0.1) is 16.9 Å². The predicted octanol–water partition coefficient (Wildman–Crippen LogP) is 3.23. The van der Waals surface area contributed by atoms with Crippen LogP contribution >= 0.6 is 0 Å². The van der Waals surface area contributed by atoms with Gasteiger partial charge >= 0.3 is 0 Å². The number of nitrogens with one attached hydrogen (secondary N) is 2. The zero-order valence-corrected chi connectivity index (χ0v) is 20.8. The van der Waals surface area contributed by atoms with Crippen LogP contribution in [0.1, 0.15) is 99.5 Å². The van der Waals surface area contributed by atoms with Crippen LogP contribution in [0.25, 0.3) is 0 Å². The van der Waals surface area contributed by atoms with Crippen LogP contribution in [0.4, 0.5) is 5.95 Å². The van der Waals surface area contributed by atoms with Crippen LogP contribution < -0.4 is 10.6 Å². The Morgan fingerprint density at radius 1 is 1.06 bits per heavy atom. The van der Waals surface area contributed by atoms with Gasteiger partial charge in [0.15, 0.2) is 0 Å². The number of piperidine rings is 1. The third-order valence-electron chi connectivity index (χ3n) is 9.62. The highest BCUT2D eigenvalue weighted by Crippen LogP contribution is 2.55. The molecule has 0 radical (unpaired) electrons. The van der Waals surface area contributed by atoms with Crippen molar-refractivity contribution >= 4 is 17.8 Å². The first-order chi connectivity index (χ1) is 16.9. The van der Waals surface area contributed by atoms with E-state index in [2.05, 4.69) is 15.6 Å². The lowest BCUT2D eigenvalue weighted by Gasteiger charge is -2.58. The molecular weight excluding hydrogens is 442 g/mol. The van der Waals surface area contributed by atoms with Crippen LogP contribution in [0.2, 0.25) is 0 Å². The zero-order chi connectivity index (χ0) is 24.2. The summed E-state index contributed by atoms with van der Waals surface area (Å²) < 4.78 is 0. The third-order valence-corrected chi connectivity index (χ3v) is 9.62. The first-order valence-electron chi connectivity index (χ1n) is 13.8. The lowest BCUT2D eigenvalue weighted by atomic mass is 9.52. The van der Waals surface area contributed by atoms with E-state index in [0.717, 1.165) is 76.6 Å². The molecular formula is C27H39N5O3. The summed E-state index contributed by atoms with van der Waals surface area (Å²) in [5.74, 6) is 2.38. The minimum atomic E-state index is -0.496. The number of carbonyl (C=O) groups is 2. The summed E-state index contributed by atoms with van der Waals surface area (Å²) in [6.45, 7) is 3.13. The summed E-state index contributed by atoms with van der Waals surface area (Å²) in [6.07, 6.45) is 12.8. The van der Waals surface area contributed by atoms with Crippen LogP contribution in [0, 0.1) is 17.8 Å². The fraction of sp³-hybridized carbons (Fsp3) is 0.778. The van der Waals surface area contributed by atoms with Crippen LogP contribution in [0.15, 0.2) is 6.20 Å². The molecule has 3 N–H and O–H groups in total. The van der Waals surface area contributed by atoms with Gasteiger partial charge in [-0.2, -0.15) is 0 Å². The fourth-order valence-corrected chi connectivity index (χ4v) is 8.12. The highest BCUT2D eigenvalue weighted by atomic mass is 16.3. The lowest BCUT2D eigenvalue weighted by Crippen LogP contribution is -2.61. The monoisotopic (exact) mass is 481 g/mol. The van der Waals surface area contributed by atoms with Crippen molar-refractivity contribution in [1.82, 2.24) is 20.2 Å². The number of amides is 2. The Balaban J connectivity index is 1.18. The molecule has 2 heterocycles. The highest BCUT2D eigenvalue weighted by Gasteiger charge is 2.55. The number of rotatable bonds is 5. The van der Waals surface area contributed by atoms with Gasteiger partial charge in [0.2, 0.25) is 11.9 Å². The van der Waals surface area contributed by atoms with E-state index in [0.29, 0.717) is 35.2 Å². The maximum absolute atomic E-state index is 13.6. The van der Waals surface area contributed by atoms with Crippen molar-refractivity contribution in [2.24, 2.45) is 17.8 Å². The molecule has 0 spiro atoms. The van der Waals surface area contributed by atoms with Gasteiger partial charge in [0.1, 0.15) is 0 Å². The molecule has 1 aliphatic heterocycles. The summed E-state index contributed by atoms with van der Waals surface area (Å²) in [7, 11) is 0. The van der Waals surface area contributed by atoms with Crippen molar-refractivity contribution < 1.29 is 14.7 Å². The molecule has 8 heteroatoms. The maximum atomic E-state index is 13.6. The molecule has 1 aromatic heterocycles. The second kappa shape index (κ2) is 9.02. The molecule has 7 rings (SSSR count). The first kappa shape index (κ1) is 23.2. The van der Waals surface area contributed by atoms with Gasteiger partial charge in [-0.3, -0.25) is 9.59 Å². The molecule has 2 atom stereocenters. The predicted molar refractivity (Wildman–Crippen MR) is 132 cm³/mol. The number of carbonyl (C=O) groups excluding carboxylic acids is 2. The standard InChI is InChI=1S/C27H39N5O3/c1-16(33)32-8-6-21(7-9-32)29-26-28-15-22(24(31-26)18-4-2-3-5-18)25(34)30-23-19-10-17-11-20(23)14-27(35,12-17)13-19/h15,17-21,23,35H,2-14H2,1H3,(H,30,34)(H,28,29,31)/t17?,19?,20?,23-,27+. The summed E-state index contributed by atoms with van der Waals surface area (Å²) in [4.78, 5) is 36.6. The minimum Gasteiger partial charge on any atom is -0.390 e. The van der Waals surface area contributed by atoms with Crippen LogP contribution in [0.5, 0.6) is 0 Å². The Bertz CT molecular complexity index is 969. The normalized spacial score (nSPS) is 34.9. The second-order valence-corrected chi connectivity index (χ2v) is 12.1. The van der Waals surface area contributed by atoms with E-state index in [4.69, 9.17) is 4.98 Å². The topological polar surface area (TPSA) is 107 Å². The van der Waals surface area contributed by atoms with Crippen LogP contribution in [0.3, 0.4) is 0 Å². The summed E-state index contributed by atoms with van der Waals surface area (Å²) in [5, 5.41) is 17.8. The average molecular weight is 482 g/mol. The Morgan fingerprint density at radius 2 is 1.74 bits per heavy atom. The largest absolute Gasteiger partial charge is 0.390 e. The van der Waals surface area contributed by atoms with Crippen molar-refractivity contribution in [2.75, 3.05) is 18.4 Å². The second-order valence-electron chi connectivity index (χ2n) is 12.1. The maximum Gasteiger partial charge on any atom is 0.254 e. The Labute approximate surface area is 207 Å². The number of hydrogen-bond acceptors (Lipinski definition) is 6. The van der Waals surface area contributed by atoms with Crippen LogP contribution in [-0.4, -0.2) is 62.6 Å². The van der Waals surface area contributed by atoms with Gasteiger partial charge in [-0.25, -0.2) is 9.97 Å². The Kier molecular flexibility index (Phi) is 5.98. The van der Waals surface area contributed by atoms with Gasteiger partial charge < -0.3 is 20.6 Å². The molecule has 5 saturated carbocycles. The highest BCUT2D eigenvalue weighted by molar-refractivity contribution is 5.95. The lowest BCUT2D eigenvalue weighted by molar-refractivity contribution is -0.137. The third kappa shape index (κ3) is 4.54. The van der Waals surface area contributed by atoms with E-state index >= 15 is 0 Å². The Morgan fingerprint density at radius 3 is 2.37 bits per heavy atom. The molecule has 8 nitrogen and oxygen atoms in total. The Hall–Kier alpha value is -2.22. The van der Waals surface area contributed by atoms with E-state index in [9.17, 15) is 14.7 Å². The molecule has 190 valence electrons. The molecule has 0 aromatic carbocycles. The number of nitrogens with zero attached hydrogens (tertiary/aromatic N) is 3. The van der Waals surface area contributed by atoms with E-state index in [1.54, 1.807) is 13.1 Å². The smallest absolute Gasteiger partial charge is 0.254 e. The summed E-state index contributed by atoms with van der Waals surface area (Å²) in [5.41, 5.74) is 1.02. The van der Waals surface area contributed by atoms with E-state index in [1.165, 1.54) is 12.8 Å².